The molecule has 1 aliphatic heterocycles. The van der Waals surface area contributed by atoms with Gasteiger partial charge in [-0.05, 0) is 5.92 Å². The number of carbonyl (C=O) groups excluding carboxylic acids is 1. The van der Waals surface area contributed by atoms with Gasteiger partial charge >= 0.3 is 6.09 Å². The van der Waals surface area contributed by atoms with Gasteiger partial charge in [0, 0.05) is 13.1 Å². The van der Waals surface area contributed by atoms with Gasteiger partial charge in [0.2, 0.25) is 0 Å². The molecule has 0 atom stereocenters. The number of nitrogens with zero attached hydrogens (tertiary/aromatic N) is 1. The summed E-state index contributed by atoms with van der Waals surface area (Å²) in [5.74, 6) is 0.407. The molecular weight excluding hydrogens is 154 g/mol. The second-order valence-electron chi connectivity index (χ2n) is 3.35. The van der Waals surface area contributed by atoms with Crippen LogP contribution in [0.2, 0.25) is 0 Å². The summed E-state index contributed by atoms with van der Waals surface area (Å²) in [6.07, 6.45) is 3.74. The van der Waals surface area contributed by atoms with Gasteiger partial charge in [0.1, 0.15) is 0 Å². The Morgan fingerprint density at radius 2 is 2.08 bits per heavy atom. The summed E-state index contributed by atoms with van der Waals surface area (Å²) in [6, 6.07) is 0. The largest absolute Gasteiger partial charge is 0.449 e. The molecule has 0 saturated heterocycles. The SMILES string of the molecule is CC(C)COC(=O)N1CC=CC1. The van der Waals surface area contributed by atoms with Crippen molar-refractivity contribution < 1.29 is 9.53 Å². The zero-order chi connectivity index (χ0) is 8.97. The van der Waals surface area contributed by atoms with Gasteiger partial charge in [0.05, 0.1) is 6.61 Å². The Labute approximate surface area is 73.0 Å². The van der Waals surface area contributed by atoms with E-state index in [-0.39, 0.29) is 6.09 Å². The second kappa shape index (κ2) is 4.14. The average Bonchev–Trinajstić information content (AvgIpc) is 2.51. The lowest BCUT2D eigenvalue weighted by Crippen LogP contribution is -2.29. The molecule has 0 unspecified atom stereocenters. The zero-order valence-corrected chi connectivity index (χ0v) is 7.62. The highest BCUT2D eigenvalue weighted by Crippen LogP contribution is 2.03. The fourth-order valence-electron chi connectivity index (χ4n) is 0.956. The lowest BCUT2D eigenvalue weighted by Gasteiger charge is -2.15. The zero-order valence-electron chi connectivity index (χ0n) is 7.62. The van der Waals surface area contributed by atoms with E-state index in [0.717, 1.165) is 0 Å². The maximum absolute atomic E-state index is 11.2. The van der Waals surface area contributed by atoms with Crippen LogP contribution in [0.1, 0.15) is 13.8 Å². The molecule has 0 N–H and O–H groups in total. The first-order valence-corrected chi connectivity index (χ1v) is 4.27. The molecule has 0 saturated carbocycles. The lowest BCUT2D eigenvalue weighted by atomic mass is 10.2. The van der Waals surface area contributed by atoms with Gasteiger partial charge in [-0.2, -0.15) is 0 Å². The molecular formula is C9H15NO2. The van der Waals surface area contributed by atoms with Crippen LogP contribution in [0.4, 0.5) is 4.79 Å². The first-order valence-electron chi connectivity index (χ1n) is 4.27. The molecule has 0 aromatic carbocycles. The predicted octanol–water partition coefficient (Wildman–Crippen LogP) is 1.65. The summed E-state index contributed by atoms with van der Waals surface area (Å²) >= 11 is 0. The number of carbonyl (C=O) groups is 1. The molecule has 3 heteroatoms. The van der Waals surface area contributed by atoms with Gasteiger partial charge in [-0.25, -0.2) is 4.79 Å². The Bertz CT molecular complexity index is 179. The van der Waals surface area contributed by atoms with Crippen molar-refractivity contribution in [3.05, 3.63) is 12.2 Å². The van der Waals surface area contributed by atoms with E-state index in [1.807, 2.05) is 26.0 Å². The molecule has 0 aromatic rings. The molecule has 1 rings (SSSR count). The van der Waals surface area contributed by atoms with E-state index < -0.39 is 0 Å². The van der Waals surface area contributed by atoms with E-state index in [2.05, 4.69) is 0 Å². The molecule has 0 fully saturated rings. The van der Waals surface area contributed by atoms with Gasteiger partial charge in [-0.15, -0.1) is 0 Å². The third-order valence-corrected chi connectivity index (χ3v) is 1.62. The molecule has 68 valence electrons. The standard InChI is InChI=1S/C9H15NO2/c1-8(2)7-12-9(11)10-5-3-4-6-10/h3-4,8H,5-7H2,1-2H3. The monoisotopic (exact) mass is 169 g/mol. The van der Waals surface area contributed by atoms with Crippen molar-refractivity contribution in [2.45, 2.75) is 13.8 Å². The van der Waals surface area contributed by atoms with E-state index in [1.54, 1.807) is 4.90 Å². The normalized spacial score (nSPS) is 15.8. The first kappa shape index (κ1) is 9.10. The van der Waals surface area contributed by atoms with E-state index in [4.69, 9.17) is 4.74 Å². The van der Waals surface area contributed by atoms with Crippen LogP contribution in [-0.2, 0) is 4.74 Å². The lowest BCUT2D eigenvalue weighted by molar-refractivity contribution is 0.101. The van der Waals surface area contributed by atoms with Gasteiger partial charge < -0.3 is 9.64 Å². The third kappa shape index (κ3) is 2.57. The van der Waals surface area contributed by atoms with Crippen molar-refractivity contribution in [2.24, 2.45) is 5.92 Å². The molecule has 3 nitrogen and oxygen atoms in total. The maximum Gasteiger partial charge on any atom is 0.410 e. The summed E-state index contributed by atoms with van der Waals surface area (Å²) in [5, 5.41) is 0. The van der Waals surface area contributed by atoms with E-state index in [9.17, 15) is 4.79 Å². The minimum absolute atomic E-state index is 0.200. The summed E-state index contributed by atoms with van der Waals surface area (Å²) in [7, 11) is 0. The maximum atomic E-state index is 11.2. The van der Waals surface area contributed by atoms with Crippen LogP contribution in [-0.4, -0.2) is 30.7 Å². The first-order chi connectivity index (χ1) is 5.70. The van der Waals surface area contributed by atoms with Crippen LogP contribution in [0.15, 0.2) is 12.2 Å². The number of ether oxygens (including phenoxy) is 1. The minimum Gasteiger partial charge on any atom is -0.449 e. The minimum atomic E-state index is -0.200. The van der Waals surface area contributed by atoms with Crippen LogP contribution in [0.5, 0.6) is 0 Å². The quantitative estimate of drug-likeness (QED) is 0.588. The van der Waals surface area contributed by atoms with Crippen LogP contribution in [0, 0.1) is 5.92 Å². The van der Waals surface area contributed by atoms with Crippen LogP contribution < -0.4 is 0 Å². The number of hydrogen-bond acceptors (Lipinski definition) is 2. The van der Waals surface area contributed by atoms with Crippen LogP contribution in [0.3, 0.4) is 0 Å². The highest BCUT2D eigenvalue weighted by atomic mass is 16.6. The third-order valence-electron chi connectivity index (χ3n) is 1.62. The Morgan fingerprint density at radius 3 is 2.58 bits per heavy atom. The van der Waals surface area contributed by atoms with Crippen molar-refractivity contribution >= 4 is 6.09 Å². The number of rotatable bonds is 2. The van der Waals surface area contributed by atoms with E-state index >= 15 is 0 Å². The summed E-state index contributed by atoms with van der Waals surface area (Å²) in [5.41, 5.74) is 0. The Balaban J connectivity index is 2.20. The van der Waals surface area contributed by atoms with Gasteiger partial charge in [-0.3, -0.25) is 0 Å². The molecule has 0 radical (unpaired) electrons. The van der Waals surface area contributed by atoms with Gasteiger partial charge in [0.15, 0.2) is 0 Å². The highest BCUT2D eigenvalue weighted by molar-refractivity contribution is 5.68. The van der Waals surface area contributed by atoms with Crippen LogP contribution >= 0.6 is 0 Å². The van der Waals surface area contributed by atoms with Crippen molar-refractivity contribution in [1.29, 1.82) is 0 Å². The summed E-state index contributed by atoms with van der Waals surface area (Å²) < 4.78 is 5.03. The molecule has 1 aliphatic rings. The van der Waals surface area contributed by atoms with Crippen molar-refractivity contribution in [2.75, 3.05) is 19.7 Å². The van der Waals surface area contributed by atoms with Crippen molar-refractivity contribution in [1.82, 2.24) is 4.90 Å². The molecule has 0 aromatic heterocycles. The van der Waals surface area contributed by atoms with Crippen molar-refractivity contribution in [3.63, 3.8) is 0 Å². The smallest absolute Gasteiger partial charge is 0.410 e. The van der Waals surface area contributed by atoms with E-state index in [1.165, 1.54) is 0 Å². The Kier molecular flexibility index (Phi) is 3.14. The van der Waals surface area contributed by atoms with E-state index in [0.29, 0.717) is 25.6 Å². The van der Waals surface area contributed by atoms with Crippen LogP contribution in [0.25, 0.3) is 0 Å². The Hall–Kier alpha value is -0.990. The Morgan fingerprint density at radius 1 is 1.50 bits per heavy atom. The molecule has 12 heavy (non-hydrogen) atoms. The number of amides is 1. The fourth-order valence-corrected chi connectivity index (χ4v) is 0.956. The van der Waals surface area contributed by atoms with Gasteiger partial charge in [0.25, 0.3) is 0 Å². The molecule has 0 aliphatic carbocycles. The second-order valence-corrected chi connectivity index (χ2v) is 3.35. The summed E-state index contributed by atoms with van der Waals surface area (Å²) in [6.45, 7) is 5.94. The number of hydrogen-bond donors (Lipinski definition) is 0. The summed E-state index contributed by atoms with van der Waals surface area (Å²) in [4.78, 5) is 12.9. The fraction of sp³-hybridized carbons (Fsp3) is 0.667. The van der Waals surface area contributed by atoms with Crippen molar-refractivity contribution in [3.8, 4) is 0 Å². The average molecular weight is 169 g/mol. The molecule has 1 amide bonds. The molecule has 1 heterocycles. The molecule has 0 bridgehead atoms. The molecule has 0 spiro atoms. The predicted molar refractivity (Wildman–Crippen MR) is 46.9 cm³/mol. The topological polar surface area (TPSA) is 29.5 Å². The van der Waals surface area contributed by atoms with Gasteiger partial charge in [-0.1, -0.05) is 26.0 Å². The highest BCUT2D eigenvalue weighted by Gasteiger charge is 2.15.